The van der Waals surface area contributed by atoms with Crippen molar-refractivity contribution in [1.82, 2.24) is 59.4 Å². The molecule has 0 spiro atoms. The number of nitrogens with zero attached hydrogens (tertiary/aromatic N) is 10. The van der Waals surface area contributed by atoms with Crippen LogP contribution in [0.15, 0.2) is 70.8 Å². The molecular weight excluding hydrogens is 791 g/mol. The average Bonchev–Trinajstić information content (AvgIpc) is 3.84. The van der Waals surface area contributed by atoms with Gasteiger partial charge in [-0.25, -0.2) is 9.97 Å². The van der Waals surface area contributed by atoms with Gasteiger partial charge >= 0.3 is 11.1 Å². The zero-order chi connectivity index (χ0) is 41.1. The zero-order valence-corrected chi connectivity index (χ0v) is 33.4. The fourth-order valence-corrected chi connectivity index (χ4v) is 6.64. The summed E-state index contributed by atoms with van der Waals surface area (Å²) in [7, 11) is 6.16. The molecule has 0 bridgehead atoms. The van der Waals surface area contributed by atoms with Gasteiger partial charge in [-0.1, -0.05) is 23.2 Å². The highest BCUT2D eigenvalue weighted by Crippen LogP contribution is 2.37. The number of benzene rings is 2. The maximum atomic E-state index is 12.0. The Bertz CT molecular complexity index is 2900. The topological polar surface area (TPSA) is 216 Å². The van der Waals surface area contributed by atoms with Crippen LogP contribution in [0.5, 0.6) is 11.8 Å². The number of pyridine rings is 2. The maximum absolute atomic E-state index is 12.0. The second kappa shape index (κ2) is 16.9. The molecule has 0 aliphatic rings. The molecule has 0 saturated heterocycles. The van der Waals surface area contributed by atoms with Crippen molar-refractivity contribution < 1.29 is 18.9 Å². The molecule has 0 saturated carbocycles. The van der Waals surface area contributed by atoms with Gasteiger partial charge < -0.3 is 28.9 Å². The first kappa shape index (κ1) is 39.6. The number of methoxy groups -OCH3 is 4. The molecule has 0 amide bonds. The van der Waals surface area contributed by atoms with Crippen molar-refractivity contribution in [2.24, 2.45) is 0 Å². The summed E-state index contributed by atoms with van der Waals surface area (Å²) in [6, 6.07) is 10.7. The molecular formula is C38H34Cl2N12O6. The van der Waals surface area contributed by atoms with Gasteiger partial charge in [0, 0.05) is 60.2 Å². The van der Waals surface area contributed by atoms with Gasteiger partial charge in [-0.05, 0) is 61.4 Å². The molecule has 58 heavy (non-hydrogen) atoms. The van der Waals surface area contributed by atoms with Gasteiger partial charge in [-0.3, -0.25) is 28.7 Å². The number of nitrogens with one attached hydrogen (secondary N) is 2. The molecule has 2 N–H and O–H groups in total. The minimum atomic E-state index is -0.764. The number of rotatable bonds is 10. The molecule has 2 aromatic carbocycles. The van der Waals surface area contributed by atoms with Crippen LogP contribution in [0.2, 0.25) is 10.0 Å². The molecule has 6 aromatic heterocycles. The summed E-state index contributed by atoms with van der Waals surface area (Å²) in [4.78, 5) is 46.5. The summed E-state index contributed by atoms with van der Waals surface area (Å²) in [5.41, 5.74) is 4.60. The van der Waals surface area contributed by atoms with E-state index in [4.69, 9.17) is 42.1 Å². The van der Waals surface area contributed by atoms with Crippen LogP contribution in [0.3, 0.4) is 0 Å². The van der Waals surface area contributed by atoms with E-state index < -0.39 is 11.1 Å². The number of fused-ring (bicyclic) bond motifs is 2. The smallest absolute Gasteiger partial charge is 0.314 e. The van der Waals surface area contributed by atoms with E-state index in [2.05, 4.69) is 50.3 Å². The van der Waals surface area contributed by atoms with E-state index in [0.717, 1.165) is 16.7 Å². The Balaban J connectivity index is 0.000000177. The highest BCUT2D eigenvalue weighted by molar-refractivity contribution is 6.33. The van der Waals surface area contributed by atoms with Crippen LogP contribution in [0.4, 0.5) is 0 Å². The van der Waals surface area contributed by atoms with Crippen molar-refractivity contribution in [3.8, 4) is 45.9 Å². The largest absolute Gasteiger partial charge is 0.477 e. The Morgan fingerprint density at radius 1 is 0.672 bits per heavy atom. The lowest BCUT2D eigenvalue weighted by atomic mass is 10.1. The Labute approximate surface area is 338 Å². The van der Waals surface area contributed by atoms with Gasteiger partial charge in [0.15, 0.2) is 23.3 Å². The quantitative estimate of drug-likeness (QED) is 0.166. The molecule has 0 radical (unpaired) electrons. The van der Waals surface area contributed by atoms with Gasteiger partial charge in [0.25, 0.3) is 11.8 Å². The van der Waals surface area contributed by atoms with Gasteiger partial charge in [0.2, 0.25) is 0 Å². The minimum Gasteiger partial charge on any atom is -0.477 e. The van der Waals surface area contributed by atoms with Crippen LogP contribution in [0, 0.1) is 13.8 Å². The molecule has 8 rings (SSSR count). The van der Waals surface area contributed by atoms with Crippen LogP contribution >= 0.6 is 23.2 Å². The average molecular weight is 826 g/mol. The fraction of sp³-hybridized carbons (Fsp3) is 0.211. The number of halogens is 2. The third-order valence-electron chi connectivity index (χ3n) is 8.93. The van der Waals surface area contributed by atoms with E-state index in [-0.39, 0.29) is 25.0 Å². The number of aromatic nitrogens is 12. The van der Waals surface area contributed by atoms with E-state index in [0.29, 0.717) is 72.3 Å². The Hall–Kier alpha value is -6.60. The Morgan fingerprint density at radius 2 is 1.19 bits per heavy atom. The van der Waals surface area contributed by atoms with E-state index in [1.54, 1.807) is 61.8 Å². The summed E-state index contributed by atoms with van der Waals surface area (Å²) in [6.07, 6.45) is 6.73. The predicted molar refractivity (Wildman–Crippen MR) is 215 cm³/mol. The molecule has 0 aliphatic heterocycles. The van der Waals surface area contributed by atoms with Crippen molar-refractivity contribution in [2.75, 3.05) is 28.4 Å². The normalized spacial score (nSPS) is 11.2. The summed E-state index contributed by atoms with van der Waals surface area (Å²) in [6.45, 7) is 4.12. The molecule has 6 heterocycles. The monoisotopic (exact) mass is 824 g/mol. The number of H-pyrrole nitrogens is 2. The maximum Gasteiger partial charge on any atom is 0.314 e. The highest BCUT2D eigenvalue weighted by Gasteiger charge is 2.25. The molecule has 0 atom stereocenters. The number of hydrogen-bond acceptors (Lipinski definition) is 14. The lowest BCUT2D eigenvalue weighted by molar-refractivity contribution is 0.176. The van der Waals surface area contributed by atoms with Crippen LogP contribution in [-0.4, -0.2) is 87.9 Å². The lowest BCUT2D eigenvalue weighted by Crippen LogP contribution is -2.29. The molecule has 20 heteroatoms. The van der Waals surface area contributed by atoms with Gasteiger partial charge in [0.05, 0.1) is 42.1 Å². The van der Waals surface area contributed by atoms with E-state index in [1.165, 1.54) is 14.2 Å². The molecule has 18 nitrogen and oxygen atoms in total. The highest BCUT2D eigenvalue weighted by atomic mass is 35.5. The predicted octanol–water partition coefficient (Wildman–Crippen LogP) is 5.37. The van der Waals surface area contributed by atoms with Crippen LogP contribution in [0.25, 0.3) is 56.2 Å². The molecule has 296 valence electrons. The summed E-state index contributed by atoms with van der Waals surface area (Å²) in [5, 5.41) is 18.2. The first-order chi connectivity index (χ1) is 28.1. The standard InChI is InChI=1S/C20H19ClN6O3.C18H15ClN6O3/c1-11-13(21)8-14-16(24-20(30-4)19(23-14)29-3)17(11)27-15(10-28-2)25-26-18(27)12-6-5-7-22-9-12;1-9-11(19)6-12-14(22-18(27)17(26)21-12)15(9)25-13(8-28-2)23-24-16(25)10-4-3-5-20-7-10/h5-9H,10H2,1-4H3;3-7H,8H2,1-2H3,(H,21,26)(H,22,27). The van der Waals surface area contributed by atoms with Crippen molar-refractivity contribution in [1.29, 1.82) is 0 Å². The Kier molecular flexibility index (Phi) is 11.5. The molecule has 0 unspecified atom stereocenters. The van der Waals surface area contributed by atoms with Crippen molar-refractivity contribution in [2.45, 2.75) is 27.1 Å². The van der Waals surface area contributed by atoms with Gasteiger partial charge in [0.1, 0.15) is 18.7 Å². The summed E-state index contributed by atoms with van der Waals surface area (Å²) in [5.74, 6) is 2.69. The van der Waals surface area contributed by atoms with Crippen LogP contribution in [-0.2, 0) is 22.7 Å². The first-order valence-electron chi connectivity index (χ1n) is 17.3. The first-order valence-corrected chi connectivity index (χ1v) is 18.1. The number of ether oxygens (including phenoxy) is 4. The third-order valence-corrected chi connectivity index (χ3v) is 9.71. The SMILES string of the molecule is COCc1nnc(-c2cccnc2)n1-c1c(C)c(Cl)cc2[nH]c(=O)c(=O)[nH]c12.COCc1nnc(-c2cccnc2)n1-c1c(C)c(Cl)cc2nc(OC)c(OC)nc12. The van der Waals surface area contributed by atoms with Crippen molar-refractivity contribution in [3.05, 3.63) is 115 Å². The van der Waals surface area contributed by atoms with E-state index in [1.807, 2.05) is 36.6 Å². The van der Waals surface area contributed by atoms with E-state index in [9.17, 15) is 9.59 Å². The molecule has 8 aromatic rings. The zero-order valence-electron chi connectivity index (χ0n) is 31.9. The van der Waals surface area contributed by atoms with Crippen molar-refractivity contribution in [3.63, 3.8) is 0 Å². The number of aromatic amines is 2. The summed E-state index contributed by atoms with van der Waals surface area (Å²) >= 11 is 13.0. The van der Waals surface area contributed by atoms with E-state index >= 15 is 0 Å². The molecule has 0 aliphatic carbocycles. The minimum absolute atomic E-state index is 0.175. The van der Waals surface area contributed by atoms with Crippen LogP contribution in [0.1, 0.15) is 22.8 Å². The molecule has 0 fully saturated rings. The van der Waals surface area contributed by atoms with Crippen molar-refractivity contribution >= 4 is 45.3 Å². The lowest BCUT2D eigenvalue weighted by Gasteiger charge is -2.17. The second-order valence-corrected chi connectivity index (χ2v) is 13.3. The van der Waals surface area contributed by atoms with Gasteiger partial charge in [-0.2, -0.15) is 0 Å². The summed E-state index contributed by atoms with van der Waals surface area (Å²) < 4.78 is 24.9. The Morgan fingerprint density at radius 3 is 1.72 bits per heavy atom. The fourth-order valence-electron chi connectivity index (χ4n) is 6.25. The third kappa shape index (κ3) is 7.36. The van der Waals surface area contributed by atoms with Gasteiger partial charge in [-0.15, -0.1) is 20.4 Å². The van der Waals surface area contributed by atoms with Crippen LogP contribution < -0.4 is 20.6 Å². The second-order valence-electron chi connectivity index (χ2n) is 12.5. The number of hydrogen-bond donors (Lipinski definition) is 2.